The molecule has 240 valence electrons. The SMILES string of the molecule is CN(C(=O)[C@@H](NCc1cc(F)c(F)cc1F)C(C)(C)C)[C@@H](Cc1ccccc1)C(=O)N1C[C@]2(C[C@H]1C#N)C(=O)Nc1ccccc12. The van der Waals surface area contributed by atoms with Gasteiger partial charge in [0.15, 0.2) is 11.6 Å². The van der Waals surface area contributed by atoms with Gasteiger partial charge < -0.3 is 20.4 Å². The van der Waals surface area contributed by atoms with Gasteiger partial charge in [-0.1, -0.05) is 69.3 Å². The molecule has 2 heterocycles. The molecule has 0 aliphatic carbocycles. The highest BCUT2D eigenvalue weighted by Gasteiger charge is 2.56. The quantitative estimate of drug-likeness (QED) is 0.351. The molecule has 1 spiro atoms. The number of nitrogens with zero attached hydrogens (tertiary/aromatic N) is 3. The van der Waals surface area contributed by atoms with Gasteiger partial charge in [-0.2, -0.15) is 5.26 Å². The van der Waals surface area contributed by atoms with Gasteiger partial charge in [0.25, 0.3) is 0 Å². The Morgan fingerprint density at radius 3 is 2.39 bits per heavy atom. The Bertz CT molecular complexity index is 1700. The fraction of sp³-hybridized carbons (Fsp3) is 0.371. The first kappa shape index (κ1) is 32.7. The normalized spacial score (nSPS) is 20.2. The second-order valence-electron chi connectivity index (χ2n) is 13.1. The van der Waals surface area contributed by atoms with E-state index in [1.807, 2.05) is 42.5 Å². The van der Waals surface area contributed by atoms with Gasteiger partial charge in [0, 0.05) is 50.3 Å². The molecule has 1 fully saturated rings. The van der Waals surface area contributed by atoms with E-state index in [1.165, 1.54) is 16.8 Å². The molecule has 2 aliphatic rings. The van der Waals surface area contributed by atoms with Crippen molar-refractivity contribution in [2.24, 2.45) is 5.41 Å². The van der Waals surface area contributed by atoms with E-state index in [0.29, 0.717) is 11.8 Å². The van der Waals surface area contributed by atoms with Crippen LogP contribution in [0.2, 0.25) is 0 Å². The maximum Gasteiger partial charge on any atom is 0.246 e. The predicted molar refractivity (Wildman–Crippen MR) is 166 cm³/mol. The summed E-state index contributed by atoms with van der Waals surface area (Å²) in [6, 6.07) is 16.8. The van der Waals surface area contributed by atoms with Crippen molar-refractivity contribution in [3.8, 4) is 6.07 Å². The number of rotatable bonds is 8. The molecule has 0 saturated carbocycles. The van der Waals surface area contributed by atoms with E-state index in [4.69, 9.17) is 0 Å². The van der Waals surface area contributed by atoms with E-state index in [0.717, 1.165) is 17.2 Å². The molecule has 2 aliphatic heterocycles. The summed E-state index contributed by atoms with van der Waals surface area (Å²) in [6.45, 7) is 5.06. The van der Waals surface area contributed by atoms with Gasteiger partial charge in [-0.05, 0) is 28.7 Å². The maximum absolute atomic E-state index is 14.5. The van der Waals surface area contributed by atoms with Crippen molar-refractivity contribution in [2.45, 2.75) is 63.7 Å². The Hall–Kier alpha value is -4.69. The van der Waals surface area contributed by atoms with Crippen molar-refractivity contribution < 1.29 is 27.6 Å². The van der Waals surface area contributed by atoms with Crippen molar-refractivity contribution in [2.75, 3.05) is 18.9 Å². The second-order valence-corrected chi connectivity index (χ2v) is 13.1. The highest BCUT2D eigenvalue weighted by Crippen LogP contribution is 2.46. The van der Waals surface area contributed by atoms with Gasteiger partial charge >= 0.3 is 0 Å². The molecule has 0 radical (unpaired) electrons. The highest BCUT2D eigenvalue weighted by atomic mass is 19.2. The van der Waals surface area contributed by atoms with Crippen LogP contribution >= 0.6 is 0 Å². The molecular weight excluding hydrogens is 595 g/mol. The number of anilines is 1. The van der Waals surface area contributed by atoms with Crippen LogP contribution in [0, 0.1) is 34.2 Å². The van der Waals surface area contributed by atoms with Crippen molar-refractivity contribution >= 4 is 23.4 Å². The maximum atomic E-state index is 14.5. The average molecular weight is 632 g/mol. The standard InChI is InChI=1S/C35H36F3N5O3/c1-34(2,3)30(40-19-22-15-26(37)27(38)16-25(22)36)32(45)42(4)29(14-21-10-6-5-7-11-21)31(44)43-20-35(17-23(43)18-39)24-12-8-9-13-28(24)41-33(35)46/h5-13,15-16,23,29-30,40H,14,17,19-20H2,1-4H3,(H,41,46)/t23-,29-,30+,35-/m0/s1. The topological polar surface area (TPSA) is 106 Å². The summed E-state index contributed by atoms with van der Waals surface area (Å²) in [5.41, 5.74) is 0.130. The summed E-state index contributed by atoms with van der Waals surface area (Å²) < 4.78 is 41.9. The lowest BCUT2D eigenvalue weighted by molar-refractivity contribution is -0.147. The van der Waals surface area contributed by atoms with Crippen LogP contribution in [0.15, 0.2) is 66.7 Å². The van der Waals surface area contributed by atoms with Gasteiger partial charge in [-0.3, -0.25) is 14.4 Å². The van der Waals surface area contributed by atoms with E-state index in [1.54, 1.807) is 32.9 Å². The third kappa shape index (κ3) is 6.09. The Labute approximate surface area is 266 Å². The molecular formula is C35H36F3N5O3. The first-order chi connectivity index (χ1) is 21.8. The first-order valence-electron chi connectivity index (χ1n) is 15.1. The number of likely N-dealkylation sites (N-methyl/N-ethyl adjacent to an activating group) is 1. The molecule has 11 heteroatoms. The predicted octanol–water partition coefficient (Wildman–Crippen LogP) is 4.69. The van der Waals surface area contributed by atoms with E-state index in [-0.39, 0.29) is 37.4 Å². The van der Waals surface area contributed by atoms with Gasteiger partial charge in [0.2, 0.25) is 17.7 Å². The number of hydrogen-bond donors (Lipinski definition) is 2. The molecule has 0 aromatic heterocycles. The number of para-hydroxylation sites is 1. The van der Waals surface area contributed by atoms with E-state index < -0.39 is 58.2 Å². The zero-order chi connectivity index (χ0) is 33.4. The van der Waals surface area contributed by atoms with Crippen LogP contribution in [0.3, 0.4) is 0 Å². The van der Waals surface area contributed by atoms with Crippen molar-refractivity contribution in [3.63, 3.8) is 0 Å². The molecule has 8 nitrogen and oxygen atoms in total. The molecule has 3 aromatic carbocycles. The number of hydrogen-bond acceptors (Lipinski definition) is 5. The summed E-state index contributed by atoms with van der Waals surface area (Å²) in [4.78, 5) is 44.8. The van der Waals surface area contributed by atoms with E-state index >= 15 is 0 Å². The number of fused-ring (bicyclic) bond motifs is 2. The minimum absolute atomic E-state index is 0.0312. The minimum Gasteiger partial charge on any atom is -0.332 e. The lowest BCUT2D eigenvalue weighted by atomic mass is 9.80. The summed E-state index contributed by atoms with van der Waals surface area (Å²) in [5, 5.41) is 16.0. The third-order valence-corrected chi connectivity index (χ3v) is 8.99. The molecule has 46 heavy (non-hydrogen) atoms. The van der Waals surface area contributed by atoms with Crippen molar-refractivity contribution in [1.29, 1.82) is 5.26 Å². The summed E-state index contributed by atoms with van der Waals surface area (Å²) >= 11 is 0. The van der Waals surface area contributed by atoms with Crippen LogP contribution in [-0.4, -0.2) is 59.2 Å². The second kappa shape index (κ2) is 12.6. The lowest BCUT2D eigenvalue weighted by Crippen LogP contribution is -2.58. The number of nitriles is 1. The molecule has 0 unspecified atom stereocenters. The fourth-order valence-electron chi connectivity index (χ4n) is 6.44. The average Bonchev–Trinajstić information content (AvgIpc) is 3.55. The van der Waals surface area contributed by atoms with Gasteiger partial charge in [-0.25, -0.2) is 13.2 Å². The first-order valence-corrected chi connectivity index (χ1v) is 15.1. The molecule has 3 aromatic rings. The Morgan fingerprint density at radius 1 is 1.07 bits per heavy atom. The van der Waals surface area contributed by atoms with Crippen LogP contribution in [0.4, 0.5) is 18.9 Å². The van der Waals surface area contributed by atoms with E-state index in [2.05, 4.69) is 16.7 Å². The Balaban J connectivity index is 1.46. The van der Waals surface area contributed by atoms with Crippen LogP contribution in [0.25, 0.3) is 0 Å². The molecule has 4 atom stereocenters. The van der Waals surface area contributed by atoms with Crippen LogP contribution in [-0.2, 0) is 32.8 Å². The number of amides is 3. The van der Waals surface area contributed by atoms with Crippen LogP contribution in [0.1, 0.15) is 43.9 Å². The largest absolute Gasteiger partial charge is 0.332 e. The number of carbonyl (C=O) groups excluding carboxylic acids is 3. The monoisotopic (exact) mass is 631 g/mol. The number of nitrogens with one attached hydrogen (secondary N) is 2. The number of likely N-dealkylation sites (tertiary alicyclic amines) is 1. The third-order valence-electron chi connectivity index (χ3n) is 8.99. The smallest absolute Gasteiger partial charge is 0.246 e. The highest BCUT2D eigenvalue weighted by molar-refractivity contribution is 6.07. The van der Waals surface area contributed by atoms with Crippen molar-refractivity contribution in [3.05, 3.63) is 101 Å². The van der Waals surface area contributed by atoms with E-state index in [9.17, 15) is 32.8 Å². The van der Waals surface area contributed by atoms with Crippen molar-refractivity contribution in [1.82, 2.24) is 15.1 Å². The van der Waals surface area contributed by atoms with Crippen LogP contribution < -0.4 is 10.6 Å². The fourth-order valence-corrected chi connectivity index (χ4v) is 6.44. The molecule has 0 bridgehead atoms. The zero-order valence-electron chi connectivity index (χ0n) is 26.1. The summed E-state index contributed by atoms with van der Waals surface area (Å²) in [7, 11) is 1.50. The minimum atomic E-state index is -1.32. The number of carbonyl (C=O) groups is 3. The number of halogens is 3. The number of benzene rings is 3. The molecule has 5 rings (SSSR count). The van der Waals surface area contributed by atoms with Gasteiger partial charge in [0.05, 0.1) is 17.5 Å². The van der Waals surface area contributed by atoms with Gasteiger partial charge in [-0.15, -0.1) is 0 Å². The Morgan fingerprint density at radius 2 is 1.72 bits per heavy atom. The molecule has 1 saturated heterocycles. The zero-order valence-corrected chi connectivity index (χ0v) is 26.1. The summed E-state index contributed by atoms with van der Waals surface area (Å²) in [6.07, 6.45) is 0.237. The Kier molecular flexibility index (Phi) is 8.96. The van der Waals surface area contributed by atoms with Crippen LogP contribution in [0.5, 0.6) is 0 Å². The molecule has 2 N–H and O–H groups in total. The summed E-state index contributed by atoms with van der Waals surface area (Å²) in [5.74, 6) is -4.74. The molecule has 3 amide bonds. The lowest BCUT2D eigenvalue weighted by Gasteiger charge is -2.38. The van der Waals surface area contributed by atoms with Gasteiger partial charge in [0.1, 0.15) is 17.9 Å².